The summed E-state index contributed by atoms with van der Waals surface area (Å²) >= 11 is 0. The topological polar surface area (TPSA) is 130 Å². The van der Waals surface area contributed by atoms with Crippen molar-refractivity contribution in [1.82, 2.24) is 13.9 Å². The van der Waals surface area contributed by atoms with Crippen molar-refractivity contribution < 1.29 is 36.7 Å². The van der Waals surface area contributed by atoms with Gasteiger partial charge in [-0.1, -0.05) is 12.1 Å². The fourth-order valence-electron chi connectivity index (χ4n) is 3.06. The molecule has 0 saturated carbocycles. The molecule has 170 valence electrons. The number of aromatic nitrogens is 2. The molecule has 1 atom stereocenters. The average molecular weight is 510 g/mol. The number of rotatable bonds is 9. The number of pyridine rings is 1. The molecule has 0 fully saturated rings. The summed E-state index contributed by atoms with van der Waals surface area (Å²) in [4.78, 5) is 26.9. The van der Waals surface area contributed by atoms with Crippen LogP contribution >= 0.6 is 0 Å². The zero-order valence-corrected chi connectivity index (χ0v) is 23.2. The van der Waals surface area contributed by atoms with E-state index in [1.165, 1.54) is 42.6 Å². The van der Waals surface area contributed by atoms with E-state index in [9.17, 15) is 27.5 Å². The maximum atomic E-state index is 14.6. The number of carboxylic acid groups (broad SMARTS) is 2. The number of benzene rings is 1. The largest absolute Gasteiger partial charge is 0.481 e. The Hall–Kier alpha value is -1.57. The van der Waals surface area contributed by atoms with E-state index in [2.05, 4.69) is 4.98 Å². The Morgan fingerprint density at radius 3 is 2.47 bits per heavy atom. The Balaban J connectivity index is 0.00000342. The van der Waals surface area contributed by atoms with Gasteiger partial charge >= 0.3 is 11.9 Å². The van der Waals surface area contributed by atoms with Crippen molar-refractivity contribution in [3.63, 3.8) is 0 Å². The van der Waals surface area contributed by atoms with Gasteiger partial charge < -0.3 is 10.2 Å². The van der Waals surface area contributed by atoms with Gasteiger partial charge in [0.15, 0.2) is 0 Å². The summed E-state index contributed by atoms with van der Waals surface area (Å²) < 4.78 is 65.2. The van der Waals surface area contributed by atoms with Gasteiger partial charge in [-0.15, -0.1) is 0 Å². The first-order valence-corrected chi connectivity index (χ1v) is 10.6. The van der Waals surface area contributed by atoms with Gasteiger partial charge in [-0.3, -0.25) is 19.5 Å². The van der Waals surface area contributed by atoms with Gasteiger partial charge in [0.05, 0.1) is 12.1 Å². The van der Waals surface area contributed by atoms with Crippen molar-refractivity contribution in [2.45, 2.75) is 23.9 Å². The predicted octanol–water partition coefficient (Wildman–Crippen LogP) is 1.52. The van der Waals surface area contributed by atoms with E-state index < -0.39 is 53.8 Å². The third-order valence-electron chi connectivity index (χ3n) is 4.57. The summed E-state index contributed by atoms with van der Waals surface area (Å²) in [5, 5.41) is 18.5. The van der Waals surface area contributed by atoms with Crippen molar-refractivity contribution in [1.29, 1.82) is 0 Å². The van der Waals surface area contributed by atoms with Crippen molar-refractivity contribution in [3.05, 3.63) is 72.4 Å². The summed E-state index contributed by atoms with van der Waals surface area (Å²) in [6, 6.07) is 7.27. The van der Waals surface area contributed by atoms with Crippen LogP contribution in [0.25, 0.3) is 11.3 Å². The second kappa shape index (κ2) is 12.9. The summed E-state index contributed by atoms with van der Waals surface area (Å²) in [5.41, 5.74) is -0.243. The number of carbonyl (C=O) groups is 2. The van der Waals surface area contributed by atoms with Gasteiger partial charge in [-0.2, -0.15) is 0 Å². The number of hydrogen-bond donors (Lipinski definition) is 2. The number of hydrogen-bond acceptors (Lipinski definition) is 6. The Labute approximate surface area is 244 Å². The van der Waals surface area contributed by atoms with Gasteiger partial charge in [0.2, 0.25) is 0 Å². The summed E-state index contributed by atoms with van der Waals surface area (Å²) in [7, 11) is -4.32. The molecule has 2 radical (unpaired) electrons. The quantitative estimate of drug-likeness (QED) is 0.415. The summed E-state index contributed by atoms with van der Waals surface area (Å²) in [6.07, 6.45) is 2.48. The molecule has 3 rings (SSSR count). The Kier molecular flexibility index (Phi) is 9.71. The molecule has 1 unspecified atom stereocenters. The molecule has 0 bridgehead atoms. The first kappa shape index (κ1) is 25.5. The van der Waals surface area contributed by atoms with Gasteiger partial charge in [-0.25, -0.2) is 16.8 Å². The molecule has 2 heterocycles. The van der Waals surface area contributed by atoms with Crippen LogP contribution in [-0.2, 0) is 26.2 Å². The number of aliphatic carboxylic acids is 2. The van der Waals surface area contributed by atoms with Gasteiger partial charge in [0.1, 0.15) is 16.8 Å². The number of halogens is 1. The molecule has 2 N–H and O–H groups in total. The fraction of sp³-hybridized carbons (Fsp3) is 0.190. The van der Waals surface area contributed by atoms with Gasteiger partial charge in [0, 0.05) is 93.9 Å². The smallest absolute Gasteiger partial charge is 0.321 e. The zero-order chi connectivity index (χ0) is 26.0. The molecule has 13 heteroatoms. The summed E-state index contributed by atoms with van der Waals surface area (Å²) in [5.74, 6) is -3.96. The molecule has 9 nitrogen and oxygen atoms in total. The molecule has 3 aromatic rings. The van der Waals surface area contributed by atoms with Gasteiger partial charge in [0.25, 0.3) is 10.0 Å². The van der Waals surface area contributed by atoms with Crippen LogP contribution in [0.2, 0.25) is 0 Å². The van der Waals surface area contributed by atoms with Crippen molar-refractivity contribution in [2.24, 2.45) is 0 Å². The van der Waals surface area contributed by atoms with Crippen LogP contribution < -0.4 is 0 Å². The number of nitrogens with zero attached hydrogens (tertiary/aromatic N) is 3. The third-order valence-corrected chi connectivity index (χ3v) is 6.22. The Morgan fingerprint density at radius 2 is 1.91 bits per heavy atom. The minimum atomic E-state index is -4.32. The fourth-order valence-corrected chi connectivity index (χ4v) is 4.42. The first-order chi connectivity index (χ1) is 16.3. The standard InChI is InChI=1S/C21H20FN3O6S.2Na/c1-24(19(21(28)29)10-20(26)27)12-14-9-18(16-6-2-3-7-17(16)22)25(13-14)32(30,31)15-5-4-8-23-11-15;;/h2-9,11,13,19H,10,12H2,1H3,(H,26,27)(H,28,29);;/i1D3;;. The van der Waals surface area contributed by atoms with Crippen molar-refractivity contribution >= 4 is 81.1 Å². The van der Waals surface area contributed by atoms with E-state index >= 15 is 0 Å². The van der Waals surface area contributed by atoms with Crippen LogP contribution in [0, 0.1) is 5.82 Å². The molecule has 0 aliphatic carbocycles. The Bertz CT molecular complexity index is 1360. The van der Waals surface area contributed by atoms with Gasteiger partial charge in [-0.05, 0) is 42.9 Å². The monoisotopic (exact) mass is 510 g/mol. The summed E-state index contributed by atoms with van der Waals surface area (Å²) in [6.45, 7) is -3.70. The minimum absolute atomic E-state index is 0. The van der Waals surface area contributed by atoms with E-state index in [0.29, 0.717) is 4.90 Å². The number of likely N-dealkylation sites (N-methyl/N-ethyl adjacent to an activating group) is 1. The van der Waals surface area contributed by atoms with Crippen LogP contribution in [0.1, 0.15) is 16.1 Å². The molecule has 34 heavy (non-hydrogen) atoms. The maximum Gasteiger partial charge on any atom is 0.321 e. The van der Waals surface area contributed by atoms with E-state index in [0.717, 1.165) is 22.4 Å². The second-order valence-corrected chi connectivity index (χ2v) is 8.60. The average Bonchev–Trinajstić information content (AvgIpc) is 3.20. The molecular weight excluding hydrogens is 487 g/mol. The van der Waals surface area contributed by atoms with Crippen molar-refractivity contribution in [3.8, 4) is 11.3 Å². The van der Waals surface area contributed by atoms with E-state index in [-0.39, 0.29) is 80.8 Å². The van der Waals surface area contributed by atoms with Crippen LogP contribution in [0.3, 0.4) is 0 Å². The maximum absolute atomic E-state index is 14.6. The van der Waals surface area contributed by atoms with Crippen LogP contribution in [0.5, 0.6) is 0 Å². The molecule has 0 saturated heterocycles. The molecule has 1 aromatic carbocycles. The Morgan fingerprint density at radius 1 is 1.21 bits per heavy atom. The van der Waals surface area contributed by atoms with Crippen molar-refractivity contribution in [2.75, 3.05) is 6.98 Å². The minimum Gasteiger partial charge on any atom is -0.481 e. The molecule has 0 aliphatic rings. The SMILES string of the molecule is [2H]C([2H])([2H])N(Cc1cc(-c2ccccc2F)n(S(=O)(=O)c2cccnc2)c1)C(CC(=O)O)C(=O)O.[Na].[Na]. The molecular formula is C21H20FN3Na2O6S. The first-order valence-electron chi connectivity index (χ1n) is 10.7. The normalized spacial score (nSPS) is 13.5. The number of carboxylic acids is 2. The second-order valence-electron chi connectivity index (χ2n) is 6.78. The molecule has 0 spiro atoms. The van der Waals surface area contributed by atoms with Crippen LogP contribution in [0.4, 0.5) is 4.39 Å². The third kappa shape index (κ3) is 6.98. The zero-order valence-electron chi connectivity index (χ0n) is 21.4. The molecule has 0 amide bonds. The molecule has 0 aliphatic heterocycles. The molecule has 2 aromatic heterocycles. The van der Waals surface area contributed by atoms with E-state index in [1.54, 1.807) is 0 Å². The van der Waals surface area contributed by atoms with E-state index in [4.69, 9.17) is 9.22 Å². The van der Waals surface area contributed by atoms with E-state index in [1.807, 2.05) is 0 Å². The van der Waals surface area contributed by atoms with Crippen LogP contribution in [-0.4, -0.2) is 117 Å². The predicted molar refractivity (Wildman–Crippen MR) is 123 cm³/mol. The van der Waals surface area contributed by atoms with Crippen LogP contribution in [0.15, 0.2) is 66.0 Å².